The van der Waals surface area contributed by atoms with Crippen LogP contribution in [0.3, 0.4) is 0 Å². The first kappa shape index (κ1) is 27.0. The van der Waals surface area contributed by atoms with Gasteiger partial charge in [-0.3, -0.25) is 0 Å². The van der Waals surface area contributed by atoms with Gasteiger partial charge in [-0.15, -0.1) is 0 Å². The van der Waals surface area contributed by atoms with Crippen LogP contribution >= 0.6 is 0 Å². The van der Waals surface area contributed by atoms with Gasteiger partial charge in [0.05, 0.1) is 0 Å². The Hall–Kier alpha value is 0.790. The van der Waals surface area contributed by atoms with Crippen LogP contribution in [0.5, 0.6) is 0 Å². The largest absolute Gasteiger partial charge is 1.00 e. The van der Waals surface area contributed by atoms with Crippen molar-refractivity contribution >= 4 is 10.4 Å². The minimum absolute atomic E-state index is 0. The average molecular weight is 376 g/mol. The molecule has 0 fully saturated rings. The smallest absolute Gasteiger partial charge is 0.725 e. The minimum atomic E-state index is -4.89. The van der Waals surface area contributed by atoms with E-state index in [1.807, 2.05) is 0 Å². The van der Waals surface area contributed by atoms with Crippen molar-refractivity contribution in [1.82, 2.24) is 0 Å². The average Bonchev–Trinajstić information content (AvgIpc) is 2.44. The predicted octanol–water partition coefficient (Wildman–Crippen LogP) is 1.11. The molecule has 0 aliphatic heterocycles. The molecule has 0 bridgehead atoms. The molecule has 24 heavy (non-hydrogen) atoms. The zero-order valence-corrected chi connectivity index (χ0v) is 18.7. The number of hydrogen-bond acceptors (Lipinski definition) is 6. The first-order valence-corrected chi connectivity index (χ1v) is 10.2. The zero-order valence-electron chi connectivity index (χ0n) is 15.8. The summed E-state index contributed by atoms with van der Waals surface area (Å²) in [6.07, 6.45) is 10.4. The molecule has 0 atom stereocenters. The second-order valence-corrected chi connectivity index (χ2v) is 6.60. The van der Waals surface area contributed by atoms with E-state index in [1.54, 1.807) is 13.8 Å². The van der Waals surface area contributed by atoms with Crippen LogP contribution in [-0.2, 0) is 24.1 Å². The molecule has 6 nitrogen and oxygen atoms in total. The summed E-state index contributed by atoms with van der Waals surface area (Å²) in [5.41, 5.74) is 0. The summed E-state index contributed by atoms with van der Waals surface area (Å²) in [6.45, 7) is 6.00. The Bertz CT molecular complexity index is 369. The van der Waals surface area contributed by atoms with Crippen molar-refractivity contribution in [3.63, 3.8) is 0 Å². The Morgan fingerprint density at radius 2 is 1.21 bits per heavy atom. The summed E-state index contributed by atoms with van der Waals surface area (Å²) in [4.78, 5) is 0. The standard InChI is InChI=1S/C16H34O6S.Na/c1-4-7-8-9-10-11-12-13-14-15-16(20-5-2,21-6-3)22-23(17,18)19;/h4-15H2,1-3H3,(H,17,18,19);/q;+1/p-1. The van der Waals surface area contributed by atoms with Gasteiger partial charge in [0, 0.05) is 19.6 Å². The monoisotopic (exact) mass is 376 g/mol. The van der Waals surface area contributed by atoms with E-state index in [1.165, 1.54) is 38.5 Å². The Labute approximate surface area is 170 Å². The second-order valence-electron chi connectivity index (χ2n) is 5.62. The minimum Gasteiger partial charge on any atom is -0.725 e. The fraction of sp³-hybridized carbons (Fsp3) is 1.00. The number of ether oxygens (including phenoxy) is 2. The quantitative estimate of drug-likeness (QED) is 0.132. The van der Waals surface area contributed by atoms with Crippen molar-refractivity contribution in [3.8, 4) is 0 Å². The first-order valence-electron chi connectivity index (χ1n) is 8.83. The third kappa shape index (κ3) is 15.1. The summed E-state index contributed by atoms with van der Waals surface area (Å²) in [7, 11) is -4.89. The first-order chi connectivity index (χ1) is 10.9. The van der Waals surface area contributed by atoms with E-state index in [0.717, 1.165) is 12.8 Å². The molecule has 0 spiro atoms. The molecule has 0 radical (unpaired) electrons. The van der Waals surface area contributed by atoms with Crippen molar-refractivity contribution in [2.75, 3.05) is 13.2 Å². The van der Waals surface area contributed by atoms with Crippen molar-refractivity contribution < 1.29 is 56.2 Å². The molecule has 0 amide bonds. The van der Waals surface area contributed by atoms with Gasteiger partial charge in [-0.25, -0.2) is 12.6 Å². The molecule has 8 heteroatoms. The Kier molecular flexibility index (Phi) is 18.0. The van der Waals surface area contributed by atoms with E-state index < -0.39 is 16.4 Å². The molecule has 0 heterocycles. The van der Waals surface area contributed by atoms with Gasteiger partial charge in [-0.1, -0.05) is 58.3 Å². The maximum atomic E-state index is 10.9. The maximum absolute atomic E-state index is 10.9. The Morgan fingerprint density at radius 1 is 0.792 bits per heavy atom. The van der Waals surface area contributed by atoms with E-state index in [-0.39, 0.29) is 49.2 Å². The molecule has 0 saturated carbocycles. The van der Waals surface area contributed by atoms with Gasteiger partial charge in [0.25, 0.3) is 5.97 Å². The topological polar surface area (TPSA) is 84.9 Å². The molecule has 0 aromatic rings. The SMILES string of the molecule is CCCCCCCCCCCC(OCC)(OCC)OS(=O)(=O)[O-].[Na+]. The van der Waals surface area contributed by atoms with Gasteiger partial charge in [0.15, 0.2) is 0 Å². The fourth-order valence-corrected chi connectivity index (χ4v) is 3.01. The van der Waals surface area contributed by atoms with E-state index in [9.17, 15) is 13.0 Å². The molecular formula is C16H33NaO6S. The second kappa shape index (κ2) is 16.0. The third-order valence-electron chi connectivity index (χ3n) is 3.54. The molecule has 0 aromatic carbocycles. The van der Waals surface area contributed by atoms with Crippen molar-refractivity contribution in [2.24, 2.45) is 0 Å². The van der Waals surface area contributed by atoms with Crippen LogP contribution in [0.1, 0.15) is 85.0 Å². The van der Waals surface area contributed by atoms with Crippen LogP contribution in [0.25, 0.3) is 0 Å². The van der Waals surface area contributed by atoms with Crippen LogP contribution in [0.15, 0.2) is 0 Å². The molecule has 0 aliphatic rings. The van der Waals surface area contributed by atoms with Crippen LogP contribution in [0.2, 0.25) is 0 Å². The summed E-state index contributed by atoms with van der Waals surface area (Å²) < 4.78 is 47.9. The van der Waals surface area contributed by atoms with Gasteiger partial charge in [0.1, 0.15) is 0 Å². The maximum Gasteiger partial charge on any atom is 1.00 e. The zero-order chi connectivity index (χ0) is 17.6. The normalized spacial score (nSPS) is 12.2. The Balaban J connectivity index is 0. The molecule has 0 saturated heterocycles. The summed E-state index contributed by atoms with van der Waals surface area (Å²) in [5, 5.41) is 0. The van der Waals surface area contributed by atoms with E-state index >= 15 is 0 Å². The van der Waals surface area contributed by atoms with Gasteiger partial charge in [0.2, 0.25) is 10.4 Å². The number of rotatable bonds is 16. The Morgan fingerprint density at radius 3 is 1.58 bits per heavy atom. The van der Waals surface area contributed by atoms with Crippen molar-refractivity contribution in [1.29, 1.82) is 0 Å². The summed E-state index contributed by atoms with van der Waals surface area (Å²) in [6, 6.07) is 0. The van der Waals surface area contributed by atoms with E-state index in [4.69, 9.17) is 9.47 Å². The fourth-order valence-electron chi connectivity index (χ4n) is 2.52. The third-order valence-corrected chi connectivity index (χ3v) is 4.00. The molecule has 0 unspecified atom stereocenters. The van der Waals surface area contributed by atoms with Crippen molar-refractivity contribution in [2.45, 2.75) is 91.0 Å². The predicted molar refractivity (Wildman–Crippen MR) is 88.6 cm³/mol. The summed E-state index contributed by atoms with van der Waals surface area (Å²) >= 11 is 0. The molecule has 0 aromatic heterocycles. The molecule has 0 aliphatic carbocycles. The van der Waals surface area contributed by atoms with Gasteiger partial charge >= 0.3 is 29.6 Å². The molecule has 0 N–H and O–H groups in total. The van der Waals surface area contributed by atoms with Crippen LogP contribution in [0, 0.1) is 0 Å². The van der Waals surface area contributed by atoms with E-state index in [2.05, 4.69) is 11.1 Å². The van der Waals surface area contributed by atoms with Gasteiger partial charge in [-0.05, 0) is 20.3 Å². The molecular weight excluding hydrogens is 343 g/mol. The van der Waals surface area contributed by atoms with Crippen LogP contribution in [-0.4, -0.2) is 32.2 Å². The van der Waals surface area contributed by atoms with Crippen LogP contribution < -0.4 is 29.6 Å². The van der Waals surface area contributed by atoms with Gasteiger partial charge < -0.3 is 14.0 Å². The number of unbranched alkanes of at least 4 members (excludes halogenated alkanes) is 8. The van der Waals surface area contributed by atoms with E-state index in [0.29, 0.717) is 6.42 Å². The van der Waals surface area contributed by atoms with Crippen molar-refractivity contribution in [3.05, 3.63) is 0 Å². The van der Waals surface area contributed by atoms with Gasteiger partial charge in [-0.2, -0.15) is 0 Å². The molecule has 0 rings (SSSR count). The van der Waals surface area contributed by atoms with Crippen LogP contribution in [0.4, 0.5) is 0 Å². The molecule has 140 valence electrons. The number of hydrogen-bond donors (Lipinski definition) is 0. The summed E-state index contributed by atoms with van der Waals surface area (Å²) in [5.74, 6) is -1.77.